The van der Waals surface area contributed by atoms with Crippen molar-refractivity contribution in [2.45, 2.75) is 39.2 Å². The van der Waals surface area contributed by atoms with Gasteiger partial charge in [0.15, 0.2) is 0 Å². The first-order valence-electron chi connectivity index (χ1n) is 12.7. The van der Waals surface area contributed by atoms with E-state index in [1.54, 1.807) is 6.92 Å². The molecule has 1 N–H and O–H groups in total. The Bertz CT molecular complexity index is 1560. The number of carboxylic acid groups (broad SMARTS) is 1. The summed E-state index contributed by atoms with van der Waals surface area (Å²) in [6.45, 7) is 10.0. The van der Waals surface area contributed by atoms with Crippen molar-refractivity contribution in [2.24, 2.45) is 0 Å². The van der Waals surface area contributed by atoms with Gasteiger partial charge in [0.1, 0.15) is 11.6 Å². The number of rotatable bonds is 6. The second kappa shape index (κ2) is 9.07. The number of nitrogens with zero attached hydrogens (tertiary/aromatic N) is 3. The first-order valence-corrected chi connectivity index (χ1v) is 12.7. The zero-order valence-electron chi connectivity index (χ0n) is 21.1. The third kappa shape index (κ3) is 3.95. The standard InChI is InChI=1S/C30H29N3O4/c1-17(2)37-29(30(34)35)25-18(3)16-22-20(7-9-24(32-22)33-13-4-5-14-33)27(25)21-6-8-23-26-19(11-15-36-23)10-12-31-28(21)26/h6-10,12,16,29H,1,4-5,11,13-15H2,2-3H3,(H,34,35)/t29-/m0/s1. The Balaban J connectivity index is 1.68. The predicted octanol–water partition coefficient (Wildman–Crippen LogP) is 5.97. The highest BCUT2D eigenvalue weighted by molar-refractivity contribution is 6.08. The SMILES string of the molecule is C=C(C)O[C@H](C(=O)O)c1c(C)cc2nc(N3CCCC3)ccc2c1-c1ccc2c3c(ccnc13)CCO2. The second-order valence-corrected chi connectivity index (χ2v) is 9.85. The summed E-state index contributed by atoms with van der Waals surface area (Å²) in [7, 11) is 0. The summed E-state index contributed by atoms with van der Waals surface area (Å²) < 4.78 is 11.8. The minimum Gasteiger partial charge on any atom is -0.493 e. The molecule has 7 heteroatoms. The molecule has 0 saturated carbocycles. The number of aryl methyl sites for hydroxylation is 1. The van der Waals surface area contributed by atoms with Crippen LogP contribution in [0.3, 0.4) is 0 Å². The molecule has 4 heterocycles. The van der Waals surface area contributed by atoms with Gasteiger partial charge in [0.25, 0.3) is 0 Å². The number of carbonyl (C=O) groups is 1. The van der Waals surface area contributed by atoms with Crippen LogP contribution in [0.4, 0.5) is 5.82 Å². The summed E-state index contributed by atoms with van der Waals surface area (Å²) in [6.07, 6.45) is 3.72. The molecule has 0 bridgehead atoms. The number of aromatic nitrogens is 2. The molecule has 0 aliphatic carbocycles. The largest absolute Gasteiger partial charge is 0.493 e. The summed E-state index contributed by atoms with van der Waals surface area (Å²) in [6, 6.07) is 12.0. The van der Waals surface area contributed by atoms with Gasteiger partial charge in [0, 0.05) is 53.2 Å². The van der Waals surface area contributed by atoms with E-state index in [4.69, 9.17) is 19.4 Å². The van der Waals surface area contributed by atoms with Gasteiger partial charge in [0.05, 0.1) is 23.4 Å². The monoisotopic (exact) mass is 495 g/mol. The Hall–Kier alpha value is -4.13. The Morgan fingerprint density at radius 3 is 2.76 bits per heavy atom. The van der Waals surface area contributed by atoms with E-state index in [1.807, 2.05) is 43.5 Å². The van der Waals surface area contributed by atoms with E-state index in [0.29, 0.717) is 17.9 Å². The lowest BCUT2D eigenvalue weighted by atomic mass is 9.86. The molecule has 37 heavy (non-hydrogen) atoms. The van der Waals surface area contributed by atoms with Crippen LogP contribution >= 0.6 is 0 Å². The number of fused-ring (bicyclic) bond motifs is 1. The highest BCUT2D eigenvalue weighted by atomic mass is 16.5. The lowest BCUT2D eigenvalue weighted by molar-refractivity contribution is -0.148. The highest BCUT2D eigenvalue weighted by Gasteiger charge is 2.31. The number of benzene rings is 2. The van der Waals surface area contributed by atoms with Gasteiger partial charge in [-0.15, -0.1) is 0 Å². The molecule has 2 aliphatic rings. The molecule has 188 valence electrons. The first-order chi connectivity index (χ1) is 17.9. The maximum atomic E-state index is 12.5. The van der Waals surface area contributed by atoms with Gasteiger partial charge in [0.2, 0.25) is 6.10 Å². The van der Waals surface area contributed by atoms with Crippen LogP contribution in [0.15, 0.2) is 54.9 Å². The molecule has 1 saturated heterocycles. The molecule has 7 nitrogen and oxygen atoms in total. The Kier molecular flexibility index (Phi) is 5.71. The molecule has 6 rings (SSSR count). The molecule has 1 atom stereocenters. The van der Waals surface area contributed by atoms with Crippen LogP contribution in [0.5, 0.6) is 5.75 Å². The quantitative estimate of drug-likeness (QED) is 0.330. The fourth-order valence-electron chi connectivity index (χ4n) is 5.70. The molecular weight excluding hydrogens is 466 g/mol. The molecule has 0 amide bonds. The van der Waals surface area contributed by atoms with Gasteiger partial charge in [-0.2, -0.15) is 0 Å². The minimum absolute atomic E-state index is 0.337. The van der Waals surface area contributed by atoms with Crippen molar-refractivity contribution in [3.63, 3.8) is 0 Å². The van der Waals surface area contributed by atoms with Crippen LogP contribution in [0.1, 0.15) is 42.6 Å². The number of anilines is 1. The first kappa shape index (κ1) is 23.3. The average molecular weight is 496 g/mol. The summed E-state index contributed by atoms with van der Waals surface area (Å²) in [5.41, 5.74) is 5.75. The zero-order chi connectivity index (χ0) is 25.7. The Morgan fingerprint density at radius 2 is 2.00 bits per heavy atom. The number of hydrogen-bond acceptors (Lipinski definition) is 6. The molecule has 0 spiro atoms. The van der Waals surface area contributed by atoms with Crippen molar-refractivity contribution in [2.75, 3.05) is 24.6 Å². The number of hydrogen-bond donors (Lipinski definition) is 1. The normalized spacial score (nSPS) is 15.6. The molecule has 2 aromatic carbocycles. The van der Waals surface area contributed by atoms with Crippen molar-refractivity contribution in [3.8, 4) is 16.9 Å². The third-order valence-corrected chi connectivity index (χ3v) is 7.30. The average Bonchev–Trinajstić information content (AvgIpc) is 3.42. The second-order valence-electron chi connectivity index (χ2n) is 9.85. The zero-order valence-corrected chi connectivity index (χ0v) is 21.1. The van der Waals surface area contributed by atoms with Crippen molar-refractivity contribution in [1.82, 2.24) is 9.97 Å². The molecule has 0 unspecified atom stereocenters. The van der Waals surface area contributed by atoms with Gasteiger partial charge in [-0.05, 0) is 74.2 Å². The number of pyridine rings is 2. The van der Waals surface area contributed by atoms with Crippen molar-refractivity contribution >= 4 is 33.6 Å². The number of allylic oxidation sites excluding steroid dienone is 1. The minimum atomic E-state index is -1.22. The highest BCUT2D eigenvalue weighted by Crippen LogP contribution is 2.44. The summed E-state index contributed by atoms with van der Waals surface area (Å²) in [5, 5.41) is 12.1. The third-order valence-electron chi connectivity index (χ3n) is 7.30. The van der Waals surface area contributed by atoms with E-state index in [-0.39, 0.29) is 0 Å². The predicted molar refractivity (Wildman–Crippen MR) is 144 cm³/mol. The molecule has 2 aliphatic heterocycles. The van der Waals surface area contributed by atoms with Crippen molar-refractivity contribution in [3.05, 3.63) is 71.6 Å². The van der Waals surface area contributed by atoms with Gasteiger partial charge >= 0.3 is 5.97 Å². The van der Waals surface area contributed by atoms with Crippen LogP contribution < -0.4 is 9.64 Å². The molecule has 4 aromatic rings. The molecular formula is C30H29N3O4. The maximum Gasteiger partial charge on any atom is 0.349 e. The fourth-order valence-corrected chi connectivity index (χ4v) is 5.70. The van der Waals surface area contributed by atoms with E-state index in [1.165, 1.54) is 5.56 Å². The van der Waals surface area contributed by atoms with Crippen LogP contribution in [-0.2, 0) is 16.0 Å². The summed E-state index contributed by atoms with van der Waals surface area (Å²) in [5.74, 6) is 1.00. The lowest BCUT2D eigenvalue weighted by Crippen LogP contribution is -2.19. The topological polar surface area (TPSA) is 84.8 Å². The lowest BCUT2D eigenvalue weighted by Gasteiger charge is -2.25. The van der Waals surface area contributed by atoms with Gasteiger partial charge < -0.3 is 19.5 Å². The van der Waals surface area contributed by atoms with E-state index < -0.39 is 12.1 Å². The summed E-state index contributed by atoms with van der Waals surface area (Å²) >= 11 is 0. The van der Waals surface area contributed by atoms with Gasteiger partial charge in [-0.1, -0.05) is 6.58 Å². The van der Waals surface area contributed by atoms with E-state index >= 15 is 0 Å². The number of aliphatic carboxylic acids is 1. The van der Waals surface area contributed by atoms with Gasteiger partial charge in [-0.25, -0.2) is 9.78 Å². The van der Waals surface area contributed by atoms with Gasteiger partial charge in [-0.3, -0.25) is 4.98 Å². The van der Waals surface area contributed by atoms with E-state index in [2.05, 4.69) is 17.5 Å². The Labute approximate surface area is 215 Å². The van der Waals surface area contributed by atoms with Crippen LogP contribution in [0.25, 0.3) is 32.9 Å². The van der Waals surface area contributed by atoms with Crippen LogP contribution in [0.2, 0.25) is 0 Å². The maximum absolute atomic E-state index is 12.5. The number of carboxylic acids is 1. The van der Waals surface area contributed by atoms with Crippen molar-refractivity contribution in [1.29, 1.82) is 0 Å². The van der Waals surface area contributed by atoms with E-state index in [9.17, 15) is 9.90 Å². The van der Waals surface area contributed by atoms with Crippen molar-refractivity contribution < 1.29 is 19.4 Å². The van der Waals surface area contributed by atoms with E-state index in [0.717, 1.165) is 82.4 Å². The van der Waals surface area contributed by atoms with Crippen LogP contribution in [-0.4, -0.2) is 40.7 Å². The smallest absolute Gasteiger partial charge is 0.349 e. The Morgan fingerprint density at radius 1 is 1.19 bits per heavy atom. The fraction of sp³-hybridized carbons (Fsp3) is 0.300. The van der Waals surface area contributed by atoms with Crippen LogP contribution in [0, 0.1) is 6.92 Å². The molecule has 1 fully saturated rings. The summed E-state index contributed by atoms with van der Waals surface area (Å²) in [4.78, 5) is 24.6. The molecule has 2 aromatic heterocycles. The molecule has 0 radical (unpaired) electrons. The number of ether oxygens (including phenoxy) is 2.